The van der Waals surface area contributed by atoms with Crippen LogP contribution in [-0.4, -0.2) is 32.2 Å². The van der Waals surface area contributed by atoms with Crippen LogP contribution in [-0.2, 0) is 11.7 Å². The van der Waals surface area contributed by atoms with Crippen molar-refractivity contribution in [1.82, 2.24) is 20.1 Å². The Hall–Kier alpha value is -3.50. The van der Waals surface area contributed by atoms with E-state index in [4.69, 9.17) is 4.42 Å². The zero-order chi connectivity index (χ0) is 24.3. The quantitative estimate of drug-likeness (QED) is 0.504. The number of aryl methyl sites for hydroxylation is 1. The molecular weight excluding hydrogens is 454 g/mol. The molecule has 1 aliphatic heterocycles. The number of fused-ring (bicyclic) bond motifs is 2. The van der Waals surface area contributed by atoms with E-state index in [2.05, 4.69) is 27.4 Å². The fraction of sp³-hybridized carbons (Fsp3) is 0.391. The third-order valence-electron chi connectivity index (χ3n) is 6.50. The van der Waals surface area contributed by atoms with E-state index in [1.54, 1.807) is 11.8 Å². The number of carbonyl (C=O) groups is 1. The molecule has 0 spiro atoms. The molecule has 2 fully saturated rings. The van der Waals surface area contributed by atoms with E-state index < -0.39 is 29.1 Å². The monoisotopic (exact) mass is 475 g/mol. The predicted molar refractivity (Wildman–Crippen MR) is 113 cm³/mol. The first-order valence-corrected chi connectivity index (χ1v) is 10.8. The first-order chi connectivity index (χ1) is 16.1. The van der Waals surface area contributed by atoms with Crippen LogP contribution in [0, 0.1) is 18.7 Å². The number of nitrogens with one attached hydrogen (secondary N) is 1. The smallest absolute Gasteiger partial charge is 0.417 e. The molecule has 1 aliphatic carbocycles. The summed E-state index contributed by atoms with van der Waals surface area (Å²) in [7, 11) is 0. The number of likely N-dealkylation sites (tertiary alicyclic amines) is 1. The maximum Gasteiger partial charge on any atom is 0.417 e. The first kappa shape index (κ1) is 22.3. The summed E-state index contributed by atoms with van der Waals surface area (Å²) in [6, 6.07) is 3.68. The topological polar surface area (TPSA) is 84.2 Å². The van der Waals surface area contributed by atoms with Gasteiger partial charge in [0, 0.05) is 36.8 Å². The zero-order valence-corrected chi connectivity index (χ0v) is 18.4. The molecule has 178 valence electrons. The van der Waals surface area contributed by atoms with Crippen molar-refractivity contribution in [2.24, 2.45) is 5.92 Å². The SMILES string of the molecule is Cc1nnc([C@]23C[C@@H](C)C[C@H](C2)N3C(=O)Nc2ccc(C(F)(F)F)c(-c3cncc(F)c3)c2)o1. The minimum Gasteiger partial charge on any atom is -0.423 e. The van der Waals surface area contributed by atoms with Crippen molar-refractivity contribution in [3.8, 4) is 11.1 Å². The molecule has 0 unspecified atom stereocenters. The van der Waals surface area contributed by atoms with Crippen LogP contribution in [0.1, 0.15) is 43.5 Å². The van der Waals surface area contributed by atoms with Crippen molar-refractivity contribution in [3.63, 3.8) is 0 Å². The lowest BCUT2D eigenvalue weighted by Gasteiger charge is -2.61. The second-order valence-electron chi connectivity index (χ2n) is 9.01. The van der Waals surface area contributed by atoms with E-state index in [0.29, 0.717) is 30.5 Å². The van der Waals surface area contributed by atoms with Crippen molar-refractivity contribution < 1.29 is 26.8 Å². The number of hydrogen-bond donors (Lipinski definition) is 1. The van der Waals surface area contributed by atoms with Crippen molar-refractivity contribution >= 4 is 11.7 Å². The molecule has 34 heavy (non-hydrogen) atoms. The number of rotatable bonds is 3. The zero-order valence-electron chi connectivity index (χ0n) is 18.4. The number of pyridine rings is 1. The van der Waals surface area contributed by atoms with Crippen LogP contribution in [0.3, 0.4) is 0 Å². The number of halogens is 4. The summed E-state index contributed by atoms with van der Waals surface area (Å²) >= 11 is 0. The van der Waals surface area contributed by atoms with Crippen LogP contribution in [0.2, 0.25) is 0 Å². The fourth-order valence-corrected chi connectivity index (χ4v) is 5.28. The van der Waals surface area contributed by atoms with Crippen molar-refractivity contribution in [1.29, 1.82) is 0 Å². The number of nitrogens with zero attached hydrogens (tertiary/aromatic N) is 4. The molecule has 3 aromatic rings. The van der Waals surface area contributed by atoms with E-state index in [1.165, 1.54) is 12.1 Å². The Morgan fingerprint density at radius 2 is 2.00 bits per heavy atom. The van der Waals surface area contributed by atoms with Gasteiger partial charge in [0.05, 0.1) is 11.8 Å². The van der Waals surface area contributed by atoms with Gasteiger partial charge < -0.3 is 14.6 Å². The summed E-state index contributed by atoms with van der Waals surface area (Å²) in [6.45, 7) is 3.76. The lowest BCUT2D eigenvalue weighted by molar-refractivity contribution is -0.137. The van der Waals surface area contributed by atoms with Gasteiger partial charge in [0.2, 0.25) is 11.8 Å². The number of benzene rings is 1. The Morgan fingerprint density at radius 3 is 2.68 bits per heavy atom. The van der Waals surface area contributed by atoms with Crippen molar-refractivity contribution in [2.45, 2.75) is 50.9 Å². The van der Waals surface area contributed by atoms with E-state index in [9.17, 15) is 22.4 Å². The van der Waals surface area contributed by atoms with E-state index in [-0.39, 0.29) is 22.9 Å². The molecule has 1 saturated carbocycles. The second-order valence-corrected chi connectivity index (χ2v) is 9.01. The van der Waals surface area contributed by atoms with Crippen LogP contribution < -0.4 is 5.32 Å². The van der Waals surface area contributed by atoms with Gasteiger partial charge in [-0.15, -0.1) is 10.2 Å². The van der Waals surface area contributed by atoms with Gasteiger partial charge in [-0.2, -0.15) is 13.2 Å². The van der Waals surface area contributed by atoms with Gasteiger partial charge in [-0.05, 0) is 48.6 Å². The maximum absolute atomic E-state index is 13.7. The summed E-state index contributed by atoms with van der Waals surface area (Å²) < 4.78 is 60.2. The average Bonchev–Trinajstić information content (AvgIpc) is 3.19. The first-order valence-electron chi connectivity index (χ1n) is 10.8. The number of hydrogen-bond acceptors (Lipinski definition) is 5. The number of piperidine rings is 1. The summed E-state index contributed by atoms with van der Waals surface area (Å²) in [5, 5.41) is 10.8. The van der Waals surface area contributed by atoms with Gasteiger partial charge in [0.1, 0.15) is 11.4 Å². The standard InChI is InChI=1S/C23H21F4N5O2/c1-12-5-17-9-22(8-12,20-31-30-13(2)34-20)32(17)21(33)29-16-3-4-19(23(25,26)27)18(7-16)14-6-15(24)11-28-10-14/h3-4,6-7,10-12,17H,5,8-9H2,1-2H3,(H,29,33)/t12-,17+,22-/m0/s1. The van der Waals surface area contributed by atoms with Gasteiger partial charge in [-0.25, -0.2) is 9.18 Å². The van der Waals surface area contributed by atoms with E-state index in [0.717, 1.165) is 30.9 Å². The molecule has 1 aromatic carbocycles. The highest BCUT2D eigenvalue weighted by Crippen LogP contribution is 2.55. The van der Waals surface area contributed by atoms with Crippen LogP contribution in [0.25, 0.3) is 11.1 Å². The normalized spacial score (nSPS) is 24.0. The molecule has 2 aromatic heterocycles. The third-order valence-corrected chi connectivity index (χ3v) is 6.50. The minimum absolute atomic E-state index is 0.0442. The van der Waals surface area contributed by atoms with Crippen molar-refractivity contribution in [2.75, 3.05) is 5.32 Å². The van der Waals surface area contributed by atoms with Gasteiger partial charge in [0.15, 0.2) is 0 Å². The highest BCUT2D eigenvalue weighted by Gasteiger charge is 2.62. The average molecular weight is 475 g/mol. The van der Waals surface area contributed by atoms with Crippen molar-refractivity contribution in [3.05, 3.63) is 59.8 Å². The second kappa shape index (κ2) is 7.78. The number of urea groups is 1. The van der Waals surface area contributed by atoms with Crippen LogP contribution >= 0.6 is 0 Å². The van der Waals surface area contributed by atoms with Crippen LogP contribution in [0.4, 0.5) is 28.0 Å². The summed E-state index contributed by atoms with van der Waals surface area (Å²) in [4.78, 5) is 18.6. The summed E-state index contributed by atoms with van der Waals surface area (Å²) in [5.41, 5.74) is -1.88. The Bertz CT molecular complexity index is 1260. The van der Waals surface area contributed by atoms with E-state index in [1.807, 2.05) is 0 Å². The van der Waals surface area contributed by atoms with Gasteiger partial charge in [-0.3, -0.25) is 4.98 Å². The molecule has 3 heterocycles. The van der Waals surface area contributed by atoms with Gasteiger partial charge in [0.25, 0.3) is 0 Å². The molecule has 5 rings (SSSR count). The lowest BCUT2D eigenvalue weighted by Crippen LogP contribution is -2.70. The molecule has 2 amide bonds. The van der Waals surface area contributed by atoms with Gasteiger partial charge in [-0.1, -0.05) is 6.92 Å². The number of amides is 2. The molecule has 11 heteroatoms. The molecule has 2 aliphatic rings. The molecule has 7 nitrogen and oxygen atoms in total. The fourth-order valence-electron chi connectivity index (χ4n) is 5.28. The molecule has 2 bridgehead atoms. The molecule has 0 radical (unpaired) electrons. The Balaban J connectivity index is 1.47. The van der Waals surface area contributed by atoms with E-state index >= 15 is 0 Å². The summed E-state index contributed by atoms with van der Waals surface area (Å²) in [5.74, 6) is 0.330. The number of alkyl halides is 3. The highest BCUT2D eigenvalue weighted by atomic mass is 19.4. The van der Waals surface area contributed by atoms with Gasteiger partial charge >= 0.3 is 12.2 Å². The summed E-state index contributed by atoms with van der Waals surface area (Å²) in [6.07, 6.45) is -0.492. The largest absolute Gasteiger partial charge is 0.423 e. The Labute approximate surface area is 192 Å². The Morgan fingerprint density at radius 1 is 1.21 bits per heavy atom. The molecule has 1 N–H and O–H groups in total. The third kappa shape index (κ3) is 3.68. The molecule has 3 atom stereocenters. The van der Waals surface area contributed by atoms with Crippen LogP contribution in [0.5, 0.6) is 0 Å². The molecule has 1 saturated heterocycles. The Kier molecular flexibility index (Phi) is 5.10. The number of aromatic nitrogens is 3. The predicted octanol–water partition coefficient (Wildman–Crippen LogP) is 5.53. The highest BCUT2D eigenvalue weighted by molar-refractivity contribution is 5.92. The number of anilines is 1. The number of carbonyl (C=O) groups excluding carboxylic acids is 1. The maximum atomic E-state index is 13.7. The minimum atomic E-state index is -4.67. The molecular formula is C23H21F4N5O2. The van der Waals surface area contributed by atoms with Crippen LogP contribution in [0.15, 0.2) is 41.1 Å². The lowest BCUT2D eigenvalue weighted by atomic mass is 9.64.